The first-order chi connectivity index (χ1) is 8.94. The predicted octanol–water partition coefficient (Wildman–Crippen LogP) is 3.05. The minimum atomic E-state index is -0.503. The SMILES string of the molecule is CCc1cc(CC(C)(N)c2ccccc2Cl)n(C)n1. The molecule has 1 aromatic heterocycles. The third-order valence-electron chi connectivity index (χ3n) is 3.43. The van der Waals surface area contributed by atoms with Crippen molar-refractivity contribution in [3.63, 3.8) is 0 Å². The molecule has 0 spiro atoms. The van der Waals surface area contributed by atoms with Crippen molar-refractivity contribution in [1.82, 2.24) is 9.78 Å². The zero-order valence-corrected chi connectivity index (χ0v) is 12.4. The molecule has 19 heavy (non-hydrogen) atoms. The van der Waals surface area contributed by atoms with Crippen LogP contribution in [0.15, 0.2) is 30.3 Å². The van der Waals surface area contributed by atoms with E-state index >= 15 is 0 Å². The Bertz CT molecular complexity index is 573. The Morgan fingerprint density at radius 2 is 2.05 bits per heavy atom. The quantitative estimate of drug-likeness (QED) is 0.933. The number of benzene rings is 1. The normalized spacial score (nSPS) is 14.4. The van der Waals surface area contributed by atoms with Gasteiger partial charge in [0.15, 0.2) is 0 Å². The van der Waals surface area contributed by atoms with Crippen molar-refractivity contribution in [2.45, 2.75) is 32.2 Å². The van der Waals surface area contributed by atoms with E-state index in [1.807, 2.05) is 42.9 Å². The van der Waals surface area contributed by atoms with Gasteiger partial charge in [0.25, 0.3) is 0 Å². The van der Waals surface area contributed by atoms with Gasteiger partial charge in [-0.25, -0.2) is 0 Å². The Morgan fingerprint density at radius 3 is 2.63 bits per heavy atom. The maximum Gasteiger partial charge on any atom is 0.0624 e. The summed E-state index contributed by atoms with van der Waals surface area (Å²) in [5.41, 5.74) is 9.15. The van der Waals surface area contributed by atoms with Crippen LogP contribution in [0.2, 0.25) is 5.02 Å². The summed E-state index contributed by atoms with van der Waals surface area (Å²) in [5, 5.41) is 5.17. The minimum absolute atomic E-state index is 0.503. The molecule has 2 rings (SSSR count). The molecule has 1 atom stereocenters. The summed E-state index contributed by atoms with van der Waals surface area (Å²) >= 11 is 6.24. The highest BCUT2D eigenvalue weighted by atomic mass is 35.5. The van der Waals surface area contributed by atoms with Gasteiger partial charge in [0.2, 0.25) is 0 Å². The molecule has 0 bridgehead atoms. The van der Waals surface area contributed by atoms with Crippen LogP contribution in [0.5, 0.6) is 0 Å². The summed E-state index contributed by atoms with van der Waals surface area (Å²) in [4.78, 5) is 0. The van der Waals surface area contributed by atoms with E-state index in [2.05, 4.69) is 18.1 Å². The van der Waals surface area contributed by atoms with Gasteiger partial charge in [-0.3, -0.25) is 4.68 Å². The van der Waals surface area contributed by atoms with Crippen LogP contribution in [0.4, 0.5) is 0 Å². The lowest BCUT2D eigenvalue weighted by Gasteiger charge is -2.26. The van der Waals surface area contributed by atoms with E-state index < -0.39 is 5.54 Å². The van der Waals surface area contributed by atoms with Crippen molar-refractivity contribution in [1.29, 1.82) is 0 Å². The van der Waals surface area contributed by atoms with Gasteiger partial charge in [-0.15, -0.1) is 0 Å². The fraction of sp³-hybridized carbons (Fsp3) is 0.400. The van der Waals surface area contributed by atoms with Crippen LogP contribution in [-0.4, -0.2) is 9.78 Å². The highest BCUT2D eigenvalue weighted by Gasteiger charge is 2.25. The van der Waals surface area contributed by atoms with E-state index in [9.17, 15) is 0 Å². The van der Waals surface area contributed by atoms with Crippen molar-refractivity contribution in [2.24, 2.45) is 12.8 Å². The zero-order chi connectivity index (χ0) is 14.0. The van der Waals surface area contributed by atoms with Gasteiger partial charge < -0.3 is 5.73 Å². The standard InChI is InChI=1S/C15H20ClN3/c1-4-11-9-12(19(3)18-11)10-15(2,17)13-7-5-6-8-14(13)16/h5-9H,4,10,17H2,1-3H3. The van der Waals surface area contributed by atoms with Crippen molar-refractivity contribution < 1.29 is 0 Å². The smallest absolute Gasteiger partial charge is 0.0624 e. The van der Waals surface area contributed by atoms with Crippen molar-refractivity contribution in [3.8, 4) is 0 Å². The second-order valence-corrected chi connectivity index (χ2v) is 5.59. The molecule has 0 amide bonds. The molecule has 0 fully saturated rings. The van der Waals surface area contributed by atoms with Gasteiger partial charge in [0.05, 0.1) is 5.69 Å². The summed E-state index contributed by atoms with van der Waals surface area (Å²) in [6.07, 6.45) is 1.64. The number of hydrogen-bond acceptors (Lipinski definition) is 2. The molecule has 1 heterocycles. The number of nitrogens with zero attached hydrogens (tertiary/aromatic N) is 2. The van der Waals surface area contributed by atoms with E-state index in [4.69, 9.17) is 17.3 Å². The van der Waals surface area contributed by atoms with Crippen LogP contribution in [-0.2, 0) is 25.4 Å². The van der Waals surface area contributed by atoms with Crippen LogP contribution in [0.3, 0.4) is 0 Å². The third-order valence-corrected chi connectivity index (χ3v) is 3.76. The predicted molar refractivity (Wildman–Crippen MR) is 79.3 cm³/mol. The molecule has 3 nitrogen and oxygen atoms in total. The summed E-state index contributed by atoms with van der Waals surface area (Å²) in [5.74, 6) is 0. The largest absolute Gasteiger partial charge is 0.321 e. The summed E-state index contributed by atoms with van der Waals surface area (Å²) < 4.78 is 1.90. The van der Waals surface area contributed by atoms with Gasteiger partial charge in [-0.2, -0.15) is 5.10 Å². The number of hydrogen-bond donors (Lipinski definition) is 1. The Morgan fingerprint density at radius 1 is 1.37 bits per heavy atom. The lowest BCUT2D eigenvalue weighted by Crippen LogP contribution is -2.36. The van der Waals surface area contributed by atoms with Gasteiger partial charge in [-0.1, -0.05) is 36.7 Å². The Kier molecular flexibility index (Phi) is 3.97. The van der Waals surface area contributed by atoms with E-state index in [-0.39, 0.29) is 0 Å². The molecule has 2 N–H and O–H groups in total. The van der Waals surface area contributed by atoms with Gasteiger partial charge in [0, 0.05) is 29.7 Å². The Labute approximate surface area is 119 Å². The van der Waals surface area contributed by atoms with Crippen LogP contribution in [0.25, 0.3) is 0 Å². The lowest BCUT2D eigenvalue weighted by molar-refractivity contribution is 0.472. The maximum atomic E-state index is 6.46. The molecule has 1 aromatic carbocycles. The molecule has 0 saturated heterocycles. The number of halogens is 1. The Hall–Kier alpha value is -1.32. The summed E-state index contributed by atoms with van der Waals surface area (Å²) in [6.45, 7) is 4.11. The van der Waals surface area contributed by atoms with Crippen LogP contribution in [0.1, 0.15) is 30.8 Å². The summed E-state index contributed by atoms with van der Waals surface area (Å²) in [6, 6.07) is 9.86. The van der Waals surface area contributed by atoms with E-state index in [0.717, 1.165) is 23.4 Å². The number of rotatable bonds is 4. The first-order valence-corrected chi connectivity index (χ1v) is 6.87. The molecule has 1 unspecified atom stereocenters. The fourth-order valence-corrected chi connectivity index (χ4v) is 2.66. The van der Waals surface area contributed by atoms with Crippen molar-refractivity contribution >= 4 is 11.6 Å². The van der Waals surface area contributed by atoms with Crippen LogP contribution in [0, 0.1) is 0 Å². The highest BCUT2D eigenvalue weighted by Crippen LogP contribution is 2.28. The van der Waals surface area contributed by atoms with Gasteiger partial charge in [0.1, 0.15) is 0 Å². The summed E-state index contributed by atoms with van der Waals surface area (Å²) in [7, 11) is 1.96. The van der Waals surface area contributed by atoms with Gasteiger partial charge in [-0.05, 0) is 31.0 Å². The molecule has 0 aliphatic carbocycles. The van der Waals surface area contributed by atoms with E-state index in [0.29, 0.717) is 11.4 Å². The molecular formula is C15H20ClN3. The lowest BCUT2D eigenvalue weighted by atomic mass is 9.88. The molecule has 0 saturated carbocycles. The molecule has 0 aliphatic rings. The molecule has 0 aliphatic heterocycles. The average molecular weight is 278 g/mol. The molecule has 4 heteroatoms. The second-order valence-electron chi connectivity index (χ2n) is 5.18. The monoisotopic (exact) mass is 277 g/mol. The minimum Gasteiger partial charge on any atom is -0.321 e. The van der Waals surface area contributed by atoms with E-state index in [1.165, 1.54) is 0 Å². The number of aryl methyl sites for hydroxylation is 2. The number of nitrogens with two attached hydrogens (primary N) is 1. The van der Waals surface area contributed by atoms with Crippen LogP contribution >= 0.6 is 11.6 Å². The number of aromatic nitrogens is 2. The third kappa shape index (κ3) is 2.99. The fourth-order valence-electron chi connectivity index (χ4n) is 2.31. The first kappa shape index (κ1) is 14.1. The Balaban J connectivity index is 2.30. The zero-order valence-electron chi connectivity index (χ0n) is 11.7. The van der Waals surface area contributed by atoms with Gasteiger partial charge >= 0.3 is 0 Å². The van der Waals surface area contributed by atoms with Crippen LogP contribution < -0.4 is 5.73 Å². The topological polar surface area (TPSA) is 43.8 Å². The van der Waals surface area contributed by atoms with Crippen molar-refractivity contribution in [3.05, 3.63) is 52.3 Å². The molecule has 102 valence electrons. The highest BCUT2D eigenvalue weighted by molar-refractivity contribution is 6.31. The van der Waals surface area contributed by atoms with Crippen molar-refractivity contribution in [2.75, 3.05) is 0 Å². The second kappa shape index (κ2) is 5.35. The first-order valence-electron chi connectivity index (χ1n) is 6.49. The molecule has 0 radical (unpaired) electrons. The molecular weight excluding hydrogens is 258 g/mol. The van der Waals surface area contributed by atoms with E-state index in [1.54, 1.807) is 0 Å². The maximum absolute atomic E-state index is 6.46. The average Bonchev–Trinajstić information content (AvgIpc) is 2.70. The molecule has 2 aromatic rings.